The van der Waals surface area contributed by atoms with Crippen LogP contribution in [0.4, 0.5) is 17.2 Å². The Balaban J connectivity index is 1.01. The molecule has 1 aromatic heterocycles. The lowest BCUT2D eigenvalue weighted by molar-refractivity contribution is -0.118. The first-order valence-electron chi connectivity index (χ1n) is 13.6. The number of nitrogens with zero attached hydrogens (tertiary/aromatic N) is 5. The van der Waals surface area contributed by atoms with Crippen LogP contribution in [-0.4, -0.2) is 68.4 Å². The number of amides is 1. The van der Waals surface area contributed by atoms with Crippen molar-refractivity contribution < 1.29 is 15.0 Å². The number of rotatable bonds is 9. The van der Waals surface area contributed by atoms with Gasteiger partial charge in [-0.25, -0.2) is 0 Å². The Morgan fingerprint density at radius 3 is 2.45 bits per heavy atom. The molecule has 9 nitrogen and oxygen atoms in total. The predicted octanol–water partition coefficient (Wildman–Crippen LogP) is 4.19. The van der Waals surface area contributed by atoms with E-state index in [1.165, 1.54) is 6.07 Å². The summed E-state index contributed by atoms with van der Waals surface area (Å²) < 4.78 is 1.82. The molecule has 9 heteroatoms. The Morgan fingerprint density at radius 1 is 0.947 bits per heavy atom. The normalized spacial score (nSPS) is 16.0. The number of fused-ring (bicyclic) bond motifs is 2. The number of hydrogen-bond donors (Lipinski definition) is 3. The molecule has 1 fully saturated rings. The molecule has 0 saturated carbocycles. The molecular formula is C29H38N6O3. The van der Waals surface area contributed by atoms with Crippen molar-refractivity contribution in [3.63, 3.8) is 0 Å². The number of para-hydroxylation sites is 2. The van der Waals surface area contributed by atoms with Crippen LogP contribution in [0.5, 0.6) is 11.5 Å². The molecule has 3 aromatic rings. The van der Waals surface area contributed by atoms with Crippen molar-refractivity contribution in [2.45, 2.75) is 45.2 Å². The molecule has 0 unspecified atom stereocenters. The summed E-state index contributed by atoms with van der Waals surface area (Å²) in [6.45, 7) is 6.38. The van der Waals surface area contributed by atoms with Gasteiger partial charge in [-0.2, -0.15) is 5.10 Å². The number of piperazine rings is 1. The molecule has 0 spiro atoms. The number of phenols is 2. The fourth-order valence-electron chi connectivity index (χ4n) is 5.46. The van der Waals surface area contributed by atoms with Gasteiger partial charge in [0.05, 0.1) is 24.1 Å². The third-order valence-electron chi connectivity index (χ3n) is 7.54. The van der Waals surface area contributed by atoms with Crippen LogP contribution in [0.15, 0.2) is 48.7 Å². The van der Waals surface area contributed by atoms with E-state index in [9.17, 15) is 15.0 Å². The van der Waals surface area contributed by atoms with E-state index in [-0.39, 0.29) is 17.4 Å². The number of phenolic OH excluding ortho intramolecular Hbond substituents is 2. The van der Waals surface area contributed by atoms with E-state index in [1.54, 1.807) is 12.1 Å². The monoisotopic (exact) mass is 518 g/mol. The predicted molar refractivity (Wildman–Crippen MR) is 149 cm³/mol. The van der Waals surface area contributed by atoms with Crippen LogP contribution >= 0.6 is 0 Å². The summed E-state index contributed by atoms with van der Waals surface area (Å²) in [5, 5.41) is 27.2. The SMILES string of the molecule is Cn1ncc2c1Nc1ccccc1N(C(=O)CCCCCCN1CCN(Cc3cc(O)cc(O)c3)CC1)C2. The van der Waals surface area contributed by atoms with Crippen molar-refractivity contribution >= 4 is 23.1 Å². The van der Waals surface area contributed by atoms with E-state index in [1.807, 2.05) is 47.1 Å². The summed E-state index contributed by atoms with van der Waals surface area (Å²) in [5.74, 6) is 1.31. The number of benzene rings is 2. The number of nitrogens with one attached hydrogen (secondary N) is 1. The first-order chi connectivity index (χ1) is 18.5. The zero-order valence-electron chi connectivity index (χ0n) is 22.1. The van der Waals surface area contributed by atoms with Gasteiger partial charge < -0.3 is 25.3 Å². The van der Waals surface area contributed by atoms with Gasteiger partial charge in [-0.15, -0.1) is 0 Å². The fourth-order valence-corrected chi connectivity index (χ4v) is 5.46. The Hall–Kier alpha value is -3.56. The second-order valence-corrected chi connectivity index (χ2v) is 10.4. The topological polar surface area (TPSA) is 97.1 Å². The van der Waals surface area contributed by atoms with E-state index in [4.69, 9.17) is 0 Å². The number of aryl methyl sites for hydroxylation is 1. The highest BCUT2D eigenvalue weighted by molar-refractivity contribution is 5.98. The number of aromatic nitrogens is 2. The van der Waals surface area contributed by atoms with E-state index < -0.39 is 0 Å². The molecule has 2 aromatic carbocycles. The molecule has 0 aliphatic carbocycles. The standard InChI is InChI=1S/C29H38N6O3/c1-32-29-23(19-30-32)21-35(27-9-6-5-8-26(27)31-29)28(38)10-4-2-3-7-11-33-12-14-34(15-13-33)20-22-16-24(36)18-25(37)17-22/h5-6,8-9,16-19,31,36-37H,2-4,7,10-15,20-21H2,1H3. The highest BCUT2D eigenvalue weighted by Crippen LogP contribution is 2.35. The second kappa shape index (κ2) is 11.9. The van der Waals surface area contributed by atoms with Crippen LogP contribution in [0.2, 0.25) is 0 Å². The summed E-state index contributed by atoms with van der Waals surface area (Å²) in [6.07, 6.45) is 6.61. The molecule has 1 saturated heterocycles. The van der Waals surface area contributed by atoms with Gasteiger partial charge in [0.25, 0.3) is 0 Å². The lowest BCUT2D eigenvalue weighted by Crippen LogP contribution is -2.46. The zero-order chi connectivity index (χ0) is 26.5. The van der Waals surface area contributed by atoms with Gasteiger partial charge in [0, 0.05) is 57.8 Å². The van der Waals surface area contributed by atoms with Gasteiger partial charge in [0.2, 0.25) is 5.91 Å². The summed E-state index contributed by atoms with van der Waals surface area (Å²) >= 11 is 0. The zero-order valence-corrected chi connectivity index (χ0v) is 22.1. The number of unbranched alkanes of at least 4 members (excludes halogenated alkanes) is 3. The van der Waals surface area contributed by atoms with Crippen LogP contribution in [-0.2, 0) is 24.9 Å². The minimum Gasteiger partial charge on any atom is -0.508 e. The lowest BCUT2D eigenvalue weighted by Gasteiger charge is -2.34. The lowest BCUT2D eigenvalue weighted by atomic mass is 10.1. The maximum atomic E-state index is 13.2. The highest BCUT2D eigenvalue weighted by atomic mass is 16.3. The van der Waals surface area contributed by atoms with Crippen molar-refractivity contribution in [2.24, 2.45) is 7.05 Å². The van der Waals surface area contributed by atoms with Gasteiger partial charge in [-0.3, -0.25) is 14.4 Å². The molecule has 0 atom stereocenters. The molecule has 0 bridgehead atoms. The van der Waals surface area contributed by atoms with Crippen LogP contribution < -0.4 is 10.2 Å². The average molecular weight is 519 g/mol. The number of hydrogen-bond acceptors (Lipinski definition) is 7. The Kier molecular flexibility index (Phi) is 8.14. The molecule has 2 aliphatic rings. The van der Waals surface area contributed by atoms with Gasteiger partial charge >= 0.3 is 0 Å². The number of carbonyl (C=O) groups excluding carboxylic acids is 1. The highest BCUT2D eigenvalue weighted by Gasteiger charge is 2.25. The van der Waals surface area contributed by atoms with Crippen molar-refractivity contribution in [2.75, 3.05) is 42.9 Å². The van der Waals surface area contributed by atoms with Crippen LogP contribution in [0.25, 0.3) is 0 Å². The smallest absolute Gasteiger partial charge is 0.227 e. The van der Waals surface area contributed by atoms with Crippen molar-refractivity contribution in [1.29, 1.82) is 0 Å². The first kappa shape index (κ1) is 26.1. The van der Waals surface area contributed by atoms with E-state index in [0.717, 1.165) is 93.3 Å². The molecule has 0 radical (unpaired) electrons. The minimum absolute atomic E-state index is 0.108. The largest absolute Gasteiger partial charge is 0.508 e. The van der Waals surface area contributed by atoms with Gasteiger partial charge in [-0.05, 0) is 49.2 Å². The third kappa shape index (κ3) is 6.28. The maximum Gasteiger partial charge on any atom is 0.227 e. The molecule has 5 rings (SSSR count). The number of anilines is 3. The van der Waals surface area contributed by atoms with E-state index in [0.29, 0.717) is 13.0 Å². The maximum absolute atomic E-state index is 13.2. The molecule has 38 heavy (non-hydrogen) atoms. The molecule has 3 N–H and O–H groups in total. The summed E-state index contributed by atoms with van der Waals surface area (Å²) in [4.78, 5) is 20.0. The summed E-state index contributed by atoms with van der Waals surface area (Å²) in [5.41, 5.74) is 3.82. The Morgan fingerprint density at radius 2 is 1.66 bits per heavy atom. The summed E-state index contributed by atoms with van der Waals surface area (Å²) in [6, 6.07) is 12.8. The Bertz CT molecular complexity index is 1230. The second-order valence-electron chi connectivity index (χ2n) is 10.4. The third-order valence-corrected chi connectivity index (χ3v) is 7.54. The van der Waals surface area contributed by atoms with Gasteiger partial charge in [-0.1, -0.05) is 25.0 Å². The molecule has 3 heterocycles. The van der Waals surface area contributed by atoms with E-state index >= 15 is 0 Å². The molecule has 2 aliphatic heterocycles. The van der Waals surface area contributed by atoms with Crippen molar-refractivity contribution in [3.05, 3.63) is 59.8 Å². The molecular weight excluding hydrogens is 480 g/mol. The van der Waals surface area contributed by atoms with Crippen LogP contribution in [0.3, 0.4) is 0 Å². The van der Waals surface area contributed by atoms with Gasteiger partial charge in [0.15, 0.2) is 0 Å². The van der Waals surface area contributed by atoms with Crippen LogP contribution in [0.1, 0.15) is 43.2 Å². The van der Waals surface area contributed by atoms with Crippen LogP contribution in [0, 0.1) is 0 Å². The minimum atomic E-state index is 0.108. The first-order valence-corrected chi connectivity index (χ1v) is 13.6. The molecule has 202 valence electrons. The molecule has 1 amide bonds. The average Bonchev–Trinajstić information content (AvgIpc) is 3.14. The quantitative estimate of drug-likeness (QED) is 0.366. The van der Waals surface area contributed by atoms with E-state index in [2.05, 4.69) is 20.2 Å². The Labute approximate surface area is 224 Å². The number of carbonyl (C=O) groups is 1. The number of aromatic hydroxyl groups is 2. The summed E-state index contributed by atoms with van der Waals surface area (Å²) in [7, 11) is 1.91. The van der Waals surface area contributed by atoms with Crippen molar-refractivity contribution in [1.82, 2.24) is 19.6 Å². The fraction of sp³-hybridized carbons (Fsp3) is 0.448. The van der Waals surface area contributed by atoms with Crippen molar-refractivity contribution in [3.8, 4) is 11.5 Å². The van der Waals surface area contributed by atoms with Gasteiger partial charge in [0.1, 0.15) is 17.3 Å².